The molecule has 0 aliphatic carbocycles. The van der Waals surface area contributed by atoms with Crippen LogP contribution in [0.15, 0.2) is 60.4 Å². The molecule has 3 rings (SSSR count). The first-order valence-corrected chi connectivity index (χ1v) is 7.89. The SMILES string of the molecule is CN(C)c1cccc(C(=O)NN2CC(O)=C(c3ccccc3)C2=N)c1. The van der Waals surface area contributed by atoms with Crippen LogP contribution in [0.5, 0.6) is 0 Å². The van der Waals surface area contributed by atoms with Crippen LogP contribution in [-0.4, -0.2) is 42.5 Å². The van der Waals surface area contributed by atoms with E-state index in [9.17, 15) is 9.90 Å². The Morgan fingerprint density at radius 2 is 1.88 bits per heavy atom. The number of benzene rings is 2. The van der Waals surface area contributed by atoms with Crippen LogP contribution in [-0.2, 0) is 0 Å². The van der Waals surface area contributed by atoms with E-state index in [4.69, 9.17) is 5.41 Å². The monoisotopic (exact) mass is 336 g/mol. The second kappa shape index (κ2) is 6.68. The smallest absolute Gasteiger partial charge is 0.269 e. The number of hydrogen-bond acceptors (Lipinski definition) is 4. The molecule has 0 spiro atoms. The van der Waals surface area contributed by atoms with E-state index in [-0.39, 0.29) is 24.0 Å². The summed E-state index contributed by atoms with van der Waals surface area (Å²) in [5.74, 6) is -0.185. The topological polar surface area (TPSA) is 79.7 Å². The minimum absolute atomic E-state index is 0.0681. The third-order valence-corrected chi connectivity index (χ3v) is 4.03. The van der Waals surface area contributed by atoms with Gasteiger partial charge in [0.15, 0.2) is 5.84 Å². The summed E-state index contributed by atoms with van der Waals surface area (Å²) in [6.07, 6.45) is 0. The molecule has 1 aliphatic rings. The number of anilines is 1. The fourth-order valence-corrected chi connectivity index (χ4v) is 2.70. The average molecular weight is 336 g/mol. The van der Waals surface area contributed by atoms with Crippen LogP contribution in [0.25, 0.3) is 5.57 Å². The number of rotatable bonds is 4. The van der Waals surface area contributed by atoms with Crippen LogP contribution < -0.4 is 10.3 Å². The Labute approximate surface area is 146 Å². The van der Waals surface area contributed by atoms with Gasteiger partial charge in [-0.3, -0.25) is 20.6 Å². The van der Waals surface area contributed by atoms with E-state index >= 15 is 0 Å². The third kappa shape index (κ3) is 3.33. The summed E-state index contributed by atoms with van der Waals surface area (Å²) >= 11 is 0. The van der Waals surface area contributed by atoms with Crippen molar-refractivity contribution >= 4 is 23.0 Å². The first-order chi connectivity index (χ1) is 12.0. The number of aliphatic hydroxyl groups excluding tert-OH is 1. The molecular formula is C19H20N4O2. The Hall–Kier alpha value is -3.28. The maximum Gasteiger partial charge on any atom is 0.269 e. The number of carbonyl (C=O) groups is 1. The van der Waals surface area contributed by atoms with E-state index in [1.807, 2.05) is 61.5 Å². The quantitative estimate of drug-likeness (QED) is 0.802. The molecule has 0 atom stereocenters. The first-order valence-electron chi connectivity index (χ1n) is 7.89. The van der Waals surface area contributed by atoms with E-state index in [0.29, 0.717) is 11.1 Å². The molecular weight excluding hydrogens is 316 g/mol. The number of amidine groups is 1. The Balaban J connectivity index is 1.76. The maximum atomic E-state index is 12.5. The van der Waals surface area contributed by atoms with Gasteiger partial charge >= 0.3 is 0 Å². The van der Waals surface area contributed by atoms with Crippen molar-refractivity contribution in [2.24, 2.45) is 0 Å². The van der Waals surface area contributed by atoms with Gasteiger partial charge in [0, 0.05) is 25.3 Å². The van der Waals surface area contributed by atoms with Crippen LogP contribution in [0.1, 0.15) is 15.9 Å². The lowest BCUT2D eigenvalue weighted by molar-refractivity contribution is 0.0874. The molecule has 6 heteroatoms. The second-order valence-electron chi connectivity index (χ2n) is 6.01. The van der Waals surface area contributed by atoms with Gasteiger partial charge in [-0.2, -0.15) is 0 Å². The summed E-state index contributed by atoms with van der Waals surface area (Å²) in [6.45, 7) is 0.0716. The number of nitrogens with zero attached hydrogens (tertiary/aromatic N) is 2. The second-order valence-corrected chi connectivity index (χ2v) is 6.01. The predicted octanol–water partition coefficient (Wildman–Crippen LogP) is 2.66. The fourth-order valence-electron chi connectivity index (χ4n) is 2.70. The molecule has 0 unspecified atom stereocenters. The molecule has 0 bridgehead atoms. The predicted molar refractivity (Wildman–Crippen MR) is 98.7 cm³/mol. The Morgan fingerprint density at radius 1 is 1.16 bits per heavy atom. The van der Waals surface area contributed by atoms with E-state index in [0.717, 1.165) is 11.3 Å². The normalized spacial score (nSPS) is 14.0. The fraction of sp³-hybridized carbons (Fsp3) is 0.158. The van der Waals surface area contributed by atoms with Gasteiger partial charge in [-0.25, -0.2) is 0 Å². The molecule has 0 fully saturated rings. The number of hydrogen-bond donors (Lipinski definition) is 3. The van der Waals surface area contributed by atoms with Crippen molar-refractivity contribution in [3.8, 4) is 0 Å². The zero-order valence-electron chi connectivity index (χ0n) is 14.2. The van der Waals surface area contributed by atoms with Gasteiger partial charge in [-0.05, 0) is 23.8 Å². The molecule has 1 aliphatic heterocycles. The molecule has 6 nitrogen and oxygen atoms in total. The number of amides is 1. The van der Waals surface area contributed by atoms with Gasteiger partial charge in [-0.1, -0.05) is 36.4 Å². The first kappa shape index (κ1) is 16.6. The van der Waals surface area contributed by atoms with Crippen molar-refractivity contribution in [1.82, 2.24) is 10.4 Å². The Kier molecular flexibility index (Phi) is 4.43. The molecule has 0 saturated heterocycles. The molecule has 128 valence electrons. The number of hydrazine groups is 1. The van der Waals surface area contributed by atoms with Gasteiger partial charge < -0.3 is 10.0 Å². The summed E-state index contributed by atoms with van der Waals surface area (Å²) in [7, 11) is 3.81. The largest absolute Gasteiger partial charge is 0.510 e. The van der Waals surface area contributed by atoms with Crippen molar-refractivity contribution in [3.63, 3.8) is 0 Å². The standard InChI is InChI=1S/C19H20N4O2/c1-22(2)15-10-6-9-14(11-15)19(25)21-23-12-16(24)17(18(23)20)13-7-4-3-5-8-13/h3-11,20,24H,12H2,1-2H3,(H,21,25). The molecule has 2 aromatic rings. The zero-order valence-corrected chi connectivity index (χ0v) is 14.2. The molecule has 25 heavy (non-hydrogen) atoms. The Bertz CT molecular complexity index is 844. The van der Waals surface area contributed by atoms with Gasteiger partial charge in [0.05, 0.1) is 12.1 Å². The molecule has 3 N–H and O–H groups in total. The van der Waals surface area contributed by atoms with Gasteiger partial charge in [0.25, 0.3) is 5.91 Å². The van der Waals surface area contributed by atoms with Crippen LogP contribution in [0.2, 0.25) is 0 Å². The summed E-state index contributed by atoms with van der Waals surface area (Å²) in [5.41, 5.74) is 5.28. The molecule has 0 saturated carbocycles. The lowest BCUT2D eigenvalue weighted by Crippen LogP contribution is -2.43. The van der Waals surface area contributed by atoms with Crippen molar-refractivity contribution in [2.75, 3.05) is 25.5 Å². The van der Waals surface area contributed by atoms with Crippen molar-refractivity contribution < 1.29 is 9.90 Å². The summed E-state index contributed by atoms with van der Waals surface area (Å²) in [6, 6.07) is 16.4. The van der Waals surface area contributed by atoms with Crippen LogP contribution in [0.4, 0.5) is 5.69 Å². The minimum atomic E-state index is -0.324. The zero-order chi connectivity index (χ0) is 18.0. The number of aliphatic hydroxyl groups is 1. The summed E-state index contributed by atoms with van der Waals surface area (Å²) < 4.78 is 0. The van der Waals surface area contributed by atoms with Crippen LogP contribution in [0.3, 0.4) is 0 Å². The highest BCUT2D eigenvalue weighted by Crippen LogP contribution is 2.26. The lowest BCUT2D eigenvalue weighted by Gasteiger charge is -2.20. The van der Waals surface area contributed by atoms with E-state index in [2.05, 4.69) is 5.43 Å². The van der Waals surface area contributed by atoms with E-state index in [1.165, 1.54) is 5.01 Å². The molecule has 2 aromatic carbocycles. The van der Waals surface area contributed by atoms with Gasteiger partial charge in [0.2, 0.25) is 0 Å². The summed E-state index contributed by atoms with van der Waals surface area (Å²) in [5, 5.41) is 19.9. The highest BCUT2D eigenvalue weighted by atomic mass is 16.3. The molecule has 1 heterocycles. The molecule has 1 amide bonds. The third-order valence-electron chi connectivity index (χ3n) is 4.03. The van der Waals surface area contributed by atoms with E-state index < -0.39 is 0 Å². The number of nitrogens with one attached hydrogen (secondary N) is 2. The van der Waals surface area contributed by atoms with Crippen molar-refractivity contribution in [1.29, 1.82) is 5.41 Å². The van der Waals surface area contributed by atoms with Crippen LogP contribution in [0, 0.1) is 5.41 Å². The molecule has 0 aromatic heterocycles. The van der Waals surface area contributed by atoms with E-state index in [1.54, 1.807) is 12.1 Å². The highest BCUT2D eigenvalue weighted by molar-refractivity contribution is 6.24. The minimum Gasteiger partial charge on any atom is -0.510 e. The average Bonchev–Trinajstić information content (AvgIpc) is 2.89. The van der Waals surface area contributed by atoms with Crippen molar-refractivity contribution in [3.05, 3.63) is 71.5 Å². The highest BCUT2D eigenvalue weighted by Gasteiger charge is 2.29. The van der Waals surface area contributed by atoms with Gasteiger partial charge in [0.1, 0.15) is 5.76 Å². The lowest BCUT2D eigenvalue weighted by atomic mass is 10.1. The Morgan fingerprint density at radius 3 is 2.56 bits per heavy atom. The van der Waals surface area contributed by atoms with Crippen LogP contribution >= 0.6 is 0 Å². The van der Waals surface area contributed by atoms with Crippen molar-refractivity contribution in [2.45, 2.75) is 0 Å². The molecule has 0 radical (unpaired) electrons. The maximum absolute atomic E-state index is 12.5. The number of carbonyl (C=O) groups excluding carboxylic acids is 1. The van der Waals surface area contributed by atoms with Gasteiger partial charge in [-0.15, -0.1) is 0 Å². The summed E-state index contributed by atoms with van der Waals surface area (Å²) in [4.78, 5) is 14.4.